The number of nitrogens with zero attached hydrogens (tertiary/aromatic N) is 2. The zero-order valence-corrected chi connectivity index (χ0v) is 14.4. The lowest BCUT2D eigenvalue weighted by Gasteiger charge is -2.25. The van der Waals surface area contributed by atoms with Gasteiger partial charge in [-0.25, -0.2) is 4.39 Å². The number of hydrogen-bond acceptors (Lipinski definition) is 3. The molecule has 0 bridgehead atoms. The smallest absolute Gasteiger partial charge is 0.123 e. The van der Waals surface area contributed by atoms with E-state index in [0.29, 0.717) is 0 Å². The predicted molar refractivity (Wildman–Crippen MR) is 95.5 cm³/mol. The molecule has 3 nitrogen and oxygen atoms in total. The summed E-state index contributed by atoms with van der Waals surface area (Å²) in [5.41, 5.74) is 3.44. The molecule has 1 N–H and O–H groups in total. The van der Waals surface area contributed by atoms with Gasteiger partial charge in [-0.3, -0.25) is 10.00 Å². The van der Waals surface area contributed by atoms with Crippen LogP contribution >= 0.6 is 11.3 Å². The van der Waals surface area contributed by atoms with Crippen molar-refractivity contribution in [1.82, 2.24) is 15.1 Å². The molecule has 124 valence electrons. The van der Waals surface area contributed by atoms with Gasteiger partial charge in [-0.15, -0.1) is 11.3 Å². The summed E-state index contributed by atoms with van der Waals surface area (Å²) in [5.74, 6) is -0.151. The minimum atomic E-state index is -0.151. The van der Waals surface area contributed by atoms with E-state index in [2.05, 4.69) is 39.5 Å². The first-order chi connectivity index (χ1) is 11.6. The summed E-state index contributed by atoms with van der Waals surface area (Å²) in [6, 6.07) is 11.2. The van der Waals surface area contributed by atoms with Crippen molar-refractivity contribution in [2.24, 2.45) is 0 Å². The largest absolute Gasteiger partial charge is 0.298 e. The van der Waals surface area contributed by atoms with Gasteiger partial charge in [0.2, 0.25) is 0 Å². The van der Waals surface area contributed by atoms with Gasteiger partial charge in [-0.2, -0.15) is 5.10 Å². The second-order valence-electron chi connectivity index (χ2n) is 6.78. The highest BCUT2D eigenvalue weighted by Crippen LogP contribution is 2.36. The standard InChI is InChI=1S/C19H20FN3S/c1-19(15-4-2-5-16(20)10-15)7-8-23(13-19)12-14-11-21-22-18(14)17-6-3-9-24-17/h2-6,9-11H,7-8,12-13H2,1H3,(H,21,22). The summed E-state index contributed by atoms with van der Waals surface area (Å²) in [6.07, 6.45) is 2.97. The van der Waals surface area contributed by atoms with Crippen LogP contribution in [0.2, 0.25) is 0 Å². The Hall–Kier alpha value is -1.98. The Balaban J connectivity index is 1.51. The number of aromatic nitrogens is 2. The second-order valence-corrected chi connectivity index (χ2v) is 7.73. The van der Waals surface area contributed by atoms with E-state index < -0.39 is 0 Å². The molecule has 0 aliphatic carbocycles. The maximum absolute atomic E-state index is 13.6. The highest BCUT2D eigenvalue weighted by Gasteiger charge is 2.35. The van der Waals surface area contributed by atoms with Crippen molar-refractivity contribution in [2.75, 3.05) is 13.1 Å². The third kappa shape index (κ3) is 2.89. The Kier molecular flexibility index (Phi) is 3.98. The van der Waals surface area contributed by atoms with Crippen LogP contribution in [0.25, 0.3) is 10.6 Å². The van der Waals surface area contributed by atoms with E-state index in [1.165, 1.54) is 16.5 Å². The fourth-order valence-electron chi connectivity index (χ4n) is 3.60. The Bertz CT molecular complexity index is 827. The van der Waals surface area contributed by atoms with Gasteiger partial charge in [0.15, 0.2) is 0 Å². The van der Waals surface area contributed by atoms with E-state index in [1.54, 1.807) is 17.4 Å². The molecule has 1 aliphatic heterocycles. The summed E-state index contributed by atoms with van der Waals surface area (Å²) in [5, 5.41) is 9.44. The monoisotopic (exact) mass is 341 g/mol. The average Bonchev–Trinajstić information content (AvgIpc) is 3.29. The van der Waals surface area contributed by atoms with Gasteiger partial charge in [-0.1, -0.05) is 25.1 Å². The third-order valence-corrected chi connectivity index (χ3v) is 5.84. The fraction of sp³-hybridized carbons (Fsp3) is 0.316. The van der Waals surface area contributed by atoms with E-state index in [1.807, 2.05) is 18.3 Å². The van der Waals surface area contributed by atoms with Gasteiger partial charge in [-0.05, 0) is 42.1 Å². The van der Waals surface area contributed by atoms with E-state index in [0.717, 1.165) is 37.3 Å². The van der Waals surface area contributed by atoms with Gasteiger partial charge >= 0.3 is 0 Å². The van der Waals surface area contributed by atoms with E-state index in [9.17, 15) is 4.39 Å². The van der Waals surface area contributed by atoms with Crippen LogP contribution in [0, 0.1) is 5.82 Å². The van der Waals surface area contributed by atoms with Crippen molar-refractivity contribution in [3.8, 4) is 10.6 Å². The average molecular weight is 341 g/mol. The number of benzene rings is 1. The van der Waals surface area contributed by atoms with Crippen LogP contribution in [-0.4, -0.2) is 28.2 Å². The van der Waals surface area contributed by atoms with Crippen molar-refractivity contribution in [3.63, 3.8) is 0 Å². The van der Waals surface area contributed by atoms with Crippen LogP contribution < -0.4 is 0 Å². The Morgan fingerprint density at radius 2 is 2.25 bits per heavy atom. The summed E-state index contributed by atoms with van der Waals surface area (Å²) >= 11 is 1.72. The molecule has 0 saturated carbocycles. The van der Waals surface area contributed by atoms with Gasteiger partial charge in [0.25, 0.3) is 0 Å². The third-order valence-electron chi connectivity index (χ3n) is 4.95. The minimum Gasteiger partial charge on any atom is -0.298 e. The van der Waals surface area contributed by atoms with Gasteiger partial charge in [0, 0.05) is 24.1 Å². The number of halogens is 1. The fourth-order valence-corrected chi connectivity index (χ4v) is 4.35. The molecular weight excluding hydrogens is 321 g/mol. The molecule has 4 rings (SSSR count). The molecule has 0 radical (unpaired) electrons. The molecule has 0 amide bonds. The zero-order chi connectivity index (χ0) is 16.6. The number of H-pyrrole nitrogens is 1. The zero-order valence-electron chi connectivity index (χ0n) is 13.6. The maximum Gasteiger partial charge on any atom is 0.123 e. The van der Waals surface area contributed by atoms with E-state index in [-0.39, 0.29) is 11.2 Å². The lowest BCUT2D eigenvalue weighted by Crippen LogP contribution is -2.28. The van der Waals surface area contributed by atoms with Crippen LogP contribution in [-0.2, 0) is 12.0 Å². The molecule has 2 aromatic heterocycles. The molecule has 1 atom stereocenters. The summed E-state index contributed by atoms with van der Waals surface area (Å²) in [7, 11) is 0. The van der Waals surface area contributed by atoms with E-state index >= 15 is 0 Å². The van der Waals surface area contributed by atoms with Crippen LogP contribution in [0.4, 0.5) is 4.39 Å². The first-order valence-corrected chi connectivity index (χ1v) is 9.06. The lowest BCUT2D eigenvalue weighted by atomic mass is 9.82. The number of rotatable bonds is 4. The minimum absolute atomic E-state index is 0.00886. The Morgan fingerprint density at radius 1 is 1.33 bits per heavy atom. The van der Waals surface area contributed by atoms with Crippen LogP contribution in [0.15, 0.2) is 48.0 Å². The van der Waals surface area contributed by atoms with Gasteiger partial charge in [0.1, 0.15) is 5.82 Å². The summed E-state index contributed by atoms with van der Waals surface area (Å²) < 4.78 is 13.6. The van der Waals surface area contributed by atoms with Gasteiger partial charge < -0.3 is 0 Å². The maximum atomic E-state index is 13.6. The summed E-state index contributed by atoms with van der Waals surface area (Å²) in [6.45, 7) is 5.06. The van der Waals surface area contributed by atoms with Crippen LogP contribution in [0.1, 0.15) is 24.5 Å². The Labute approximate surface area is 145 Å². The number of hydrogen-bond donors (Lipinski definition) is 1. The number of thiophene rings is 1. The number of likely N-dealkylation sites (tertiary alicyclic amines) is 1. The normalized spacial score (nSPS) is 21.4. The topological polar surface area (TPSA) is 31.9 Å². The Morgan fingerprint density at radius 3 is 3.04 bits per heavy atom. The van der Waals surface area contributed by atoms with Crippen molar-refractivity contribution < 1.29 is 4.39 Å². The molecule has 24 heavy (non-hydrogen) atoms. The van der Waals surface area contributed by atoms with Crippen molar-refractivity contribution in [2.45, 2.75) is 25.3 Å². The SMILES string of the molecule is CC1(c2cccc(F)c2)CCN(Cc2cn[nH]c2-c2cccs2)C1. The van der Waals surface area contributed by atoms with E-state index in [4.69, 9.17) is 0 Å². The molecule has 3 aromatic rings. The molecule has 1 aromatic carbocycles. The van der Waals surface area contributed by atoms with Crippen LogP contribution in [0.5, 0.6) is 0 Å². The highest BCUT2D eigenvalue weighted by molar-refractivity contribution is 7.13. The summed E-state index contributed by atoms with van der Waals surface area (Å²) in [4.78, 5) is 3.65. The first kappa shape index (κ1) is 15.5. The van der Waals surface area contributed by atoms with Crippen LogP contribution in [0.3, 0.4) is 0 Å². The molecule has 1 saturated heterocycles. The molecule has 1 unspecified atom stereocenters. The van der Waals surface area contributed by atoms with Gasteiger partial charge in [0.05, 0.1) is 16.8 Å². The lowest BCUT2D eigenvalue weighted by molar-refractivity contribution is 0.309. The number of aromatic amines is 1. The molecular formula is C19H20FN3S. The highest BCUT2D eigenvalue weighted by atomic mass is 32.1. The number of nitrogens with one attached hydrogen (secondary N) is 1. The molecule has 1 aliphatic rings. The van der Waals surface area contributed by atoms with Crippen molar-refractivity contribution in [1.29, 1.82) is 0 Å². The molecule has 1 fully saturated rings. The second kappa shape index (κ2) is 6.15. The molecule has 3 heterocycles. The quantitative estimate of drug-likeness (QED) is 0.761. The van der Waals surface area contributed by atoms with Crippen molar-refractivity contribution in [3.05, 3.63) is 64.9 Å². The van der Waals surface area contributed by atoms with Crippen molar-refractivity contribution >= 4 is 11.3 Å². The molecule has 5 heteroatoms. The molecule has 0 spiro atoms. The predicted octanol–water partition coefficient (Wildman–Crippen LogP) is 4.44. The first-order valence-electron chi connectivity index (χ1n) is 8.19.